The van der Waals surface area contributed by atoms with Crippen LogP contribution in [0.1, 0.15) is 58.8 Å². The zero-order valence-electron chi connectivity index (χ0n) is 18.9. The fourth-order valence-electron chi connectivity index (χ4n) is 5.01. The molecule has 4 unspecified atom stereocenters. The highest BCUT2D eigenvalue weighted by atomic mass is 32.2. The van der Waals surface area contributed by atoms with Crippen LogP contribution in [0.25, 0.3) is 0 Å². The monoisotopic (exact) mass is 462 g/mol. The number of Topliss-reactive ketones (excluding diaryl/α,β-unsaturated/α-hetero) is 2. The molecule has 1 aromatic carbocycles. The Morgan fingerprint density at radius 2 is 1.84 bits per heavy atom. The summed E-state index contributed by atoms with van der Waals surface area (Å²) in [6.07, 6.45) is 4.78. The Bertz CT molecular complexity index is 929. The molecule has 1 aliphatic carbocycles. The van der Waals surface area contributed by atoms with E-state index in [0.717, 1.165) is 32.1 Å². The van der Waals surface area contributed by atoms with Gasteiger partial charge in [-0.05, 0) is 55.6 Å². The molecule has 176 valence electrons. The molecular weight excluding hydrogens is 428 g/mol. The number of sulfonamides is 1. The second-order valence-corrected chi connectivity index (χ2v) is 11.3. The van der Waals surface area contributed by atoms with Gasteiger partial charge in [0.1, 0.15) is 0 Å². The van der Waals surface area contributed by atoms with Crippen LogP contribution >= 0.6 is 0 Å². The quantitative estimate of drug-likeness (QED) is 0.578. The third-order valence-corrected chi connectivity index (χ3v) is 8.15. The average molecular weight is 463 g/mol. The Hall–Kier alpha value is -2.06. The van der Waals surface area contributed by atoms with Crippen molar-refractivity contribution >= 4 is 27.5 Å². The Balaban J connectivity index is 1.81. The van der Waals surface area contributed by atoms with Gasteiger partial charge < -0.3 is 5.32 Å². The standard InChI is InChI=1S/C24H34N2O5S/c1-16(2)13-21(26-32(30,31)19-9-4-3-5-10-19)22(27)15-20-18-8-6-7-17(14-18)11-12-25-24(29)23(20)28/h3-5,9-10,16-18,20-21,26H,6-8,11-15H2,1-2H3,(H,25,29). The summed E-state index contributed by atoms with van der Waals surface area (Å²) in [6, 6.07) is 7.00. The lowest BCUT2D eigenvalue weighted by molar-refractivity contribution is -0.142. The number of carbonyl (C=O) groups excluding carboxylic acids is 3. The molecule has 32 heavy (non-hydrogen) atoms. The number of carbonyl (C=O) groups is 3. The van der Waals surface area contributed by atoms with E-state index in [9.17, 15) is 22.8 Å². The lowest BCUT2D eigenvalue weighted by atomic mass is 9.71. The van der Waals surface area contributed by atoms with Crippen LogP contribution in [-0.2, 0) is 24.4 Å². The topological polar surface area (TPSA) is 109 Å². The highest BCUT2D eigenvalue weighted by molar-refractivity contribution is 7.89. The predicted octanol–water partition coefficient (Wildman–Crippen LogP) is 2.85. The average Bonchev–Trinajstić information content (AvgIpc) is 2.79. The zero-order valence-corrected chi connectivity index (χ0v) is 19.7. The number of amides is 1. The van der Waals surface area contributed by atoms with Gasteiger partial charge in [-0.15, -0.1) is 0 Å². The first-order valence-corrected chi connectivity index (χ1v) is 13.1. The first-order valence-electron chi connectivity index (χ1n) is 11.6. The normalized spacial score (nSPS) is 25.4. The summed E-state index contributed by atoms with van der Waals surface area (Å²) in [7, 11) is -3.89. The van der Waals surface area contributed by atoms with Gasteiger partial charge in [0.2, 0.25) is 15.8 Å². The van der Waals surface area contributed by atoms with Crippen molar-refractivity contribution < 1.29 is 22.8 Å². The maximum Gasteiger partial charge on any atom is 0.287 e. The number of hydrogen-bond donors (Lipinski definition) is 2. The molecule has 2 fully saturated rings. The maximum absolute atomic E-state index is 13.3. The summed E-state index contributed by atoms with van der Waals surface area (Å²) in [6.45, 7) is 4.32. The van der Waals surface area contributed by atoms with Crippen molar-refractivity contribution in [3.63, 3.8) is 0 Å². The van der Waals surface area contributed by atoms with Crippen LogP contribution in [-0.4, -0.2) is 38.5 Å². The highest BCUT2D eigenvalue weighted by Crippen LogP contribution is 2.38. The summed E-state index contributed by atoms with van der Waals surface area (Å²) in [5, 5.41) is 2.70. The molecule has 2 aliphatic rings. The number of benzene rings is 1. The van der Waals surface area contributed by atoms with Gasteiger partial charge in [-0.1, -0.05) is 44.9 Å². The molecule has 1 amide bonds. The van der Waals surface area contributed by atoms with E-state index in [2.05, 4.69) is 10.0 Å². The smallest absolute Gasteiger partial charge is 0.287 e. The van der Waals surface area contributed by atoms with Gasteiger partial charge in [0.25, 0.3) is 5.91 Å². The predicted molar refractivity (Wildman–Crippen MR) is 121 cm³/mol. The van der Waals surface area contributed by atoms with Crippen molar-refractivity contribution in [3.05, 3.63) is 30.3 Å². The number of rotatable bonds is 8. The zero-order chi connectivity index (χ0) is 23.3. The van der Waals surface area contributed by atoms with Crippen LogP contribution in [0.5, 0.6) is 0 Å². The van der Waals surface area contributed by atoms with Crippen molar-refractivity contribution in [2.75, 3.05) is 6.54 Å². The van der Waals surface area contributed by atoms with Gasteiger partial charge in [-0.25, -0.2) is 13.1 Å². The molecule has 1 saturated carbocycles. The minimum Gasteiger partial charge on any atom is -0.349 e. The van der Waals surface area contributed by atoms with Crippen LogP contribution in [0.15, 0.2) is 35.2 Å². The molecule has 1 saturated heterocycles. The van der Waals surface area contributed by atoms with E-state index in [1.165, 1.54) is 12.1 Å². The number of fused-ring (bicyclic) bond motifs is 2. The van der Waals surface area contributed by atoms with E-state index in [4.69, 9.17) is 0 Å². The molecule has 1 aromatic rings. The van der Waals surface area contributed by atoms with Gasteiger partial charge in [0, 0.05) is 18.9 Å². The Labute approximate surface area is 190 Å². The van der Waals surface area contributed by atoms with Crippen LogP contribution < -0.4 is 10.0 Å². The molecule has 2 N–H and O–H groups in total. The van der Waals surface area contributed by atoms with E-state index >= 15 is 0 Å². The summed E-state index contributed by atoms with van der Waals surface area (Å²) >= 11 is 0. The third kappa shape index (κ3) is 6.25. The fourth-order valence-corrected chi connectivity index (χ4v) is 6.26. The minimum atomic E-state index is -3.89. The van der Waals surface area contributed by atoms with Gasteiger partial charge in [0.05, 0.1) is 10.9 Å². The van der Waals surface area contributed by atoms with Gasteiger partial charge in [-0.2, -0.15) is 0 Å². The summed E-state index contributed by atoms with van der Waals surface area (Å²) in [5.74, 6) is -1.69. The summed E-state index contributed by atoms with van der Waals surface area (Å²) < 4.78 is 28.3. The van der Waals surface area contributed by atoms with Gasteiger partial charge >= 0.3 is 0 Å². The Morgan fingerprint density at radius 1 is 1.12 bits per heavy atom. The molecule has 7 nitrogen and oxygen atoms in total. The first-order chi connectivity index (χ1) is 15.2. The second kappa shape index (κ2) is 10.7. The molecule has 3 rings (SSSR count). The van der Waals surface area contributed by atoms with Crippen molar-refractivity contribution in [1.82, 2.24) is 10.0 Å². The lowest BCUT2D eigenvalue weighted by Crippen LogP contribution is -2.45. The molecule has 2 bridgehead atoms. The van der Waals surface area contributed by atoms with Gasteiger partial charge in [0.15, 0.2) is 5.78 Å². The lowest BCUT2D eigenvalue weighted by Gasteiger charge is -2.33. The molecule has 1 aliphatic heterocycles. The summed E-state index contributed by atoms with van der Waals surface area (Å²) in [5.41, 5.74) is 0. The number of ketones is 2. The second-order valence-electron chi connectivity index (χ2n) is 9.59. The van der Waals surface area contributed by atoms with Gasteiger partial charge in [-0.3, -0.25) is 14.4 Å². The molecule has 8 heteroatoms. The molecule has 0 spiro atoms. The van der Waals surface area contributed by atoms with Crippen LogP contribution in [0, 0.1) is 23.7 Å². The number of hydrogen-bond acceptors (Lipinski definition) is 5. The molecule has 0 aromatic heterocycles. The highest BCUT2D eigenvalue weighted by Gasteiger charge is 2.39. The third-order valence-electron chi connectivity index (χ3n) is 6.66. The van der Waals surface area contributed by atoms with Crippen molar-refractivity contribution in [3.8, 4) is 0 Å². The Kier molecular flexibility index (Phi) is 8.22. The van der Waals surface area contributed by atoms with Crippen molar-refractivity contribution in [2.24, 2.45) is 23.7 Å². The van der Waals surface area contributed by atoms with Crippen LogP contribution in [0.2, 0.25) is 0 Å². The van der Waals surface area contributed by atoms with E-state index in [-0.39, 0.29) is 28.9 Å². The summed E-state index contributed by atoms with van der Waals surface area (Å²) in [4.78, 5) is 38.7. The van der Waals surface area contributed by atoms with Crippen LogP contribution in [0.4, 0.5) is 0 Å². The van der Waals surface area contributed by atoms with E-state index in [1.807, 2.05) is 13.8 Å². The largest absolute Gasteiger partial charge is 0.349 e. The first kappa shape index (κ1) is 24.6. The maximum atomic E-state index is 13.3. The van der Waals surface area contributed by atoms with Crippen molar-refractivity contribution in [1.29, 1.82) is 0 Å². The van der Waals surface area contributed by atoms with Crippen molar-refractivity contribution in [2.45, 2.75) is 69.7 Å². The molecular formula is C24H34N2O5S. The van der Waals surface area contributed by atoms with E-state index < -0.39 is 33.7 Å². The van der Waals surface area contributed by atoms with E-state index in [1.54, 1.807) is 18.2 Å². The molecule has 4 atom stereocenters. The Morgan fingerprint density at radius 3 is 2.53 bits per heavy atom. The van der Waals surface area contributed by atoms with Crippen LogP contribution in [0.3, 0.4) is 0 Å². The SMILES string of the molecule is CC(C)CC(NS(=O)(=O)c1ccccc1)C(=O)CC1C(=O)C(=O)NCCC2CCCC1C2. The number of nitrogens with one attached hydrogen (secondary N) is 2. The fraction of sp³-hybridized carbons (Fsp3) is 0.625. The molecule has 1 heterocycles. The molecule has 0 radical (unpaired) electrons. The van der Waals surface area contributed by atoms with E-state index in [0.29, 0.717) is 18.9 Å². The minimum absolute atomic E-state index is 0.0144.